The third-order valence-corrected chi connectivity index (χ3v) is 4.92. The van der Waals surface area contributed by atoms with Crippen molar-refractivity contribution >= 4 is 11.0 Å². The van der Waals surface area contributed by atoms with Crippen molar-refractivity contribution in [3.63, 3.8) is 0 Å². The molecule has 0 aliphatic carbocycles. The van der Waals surface area contributed by atoms with Crippen molar-refractivity contribution in [3.05, 3.63) is 54.6 Å². The maximum Gasteiger partial charge on any atom is 0.134 e. The van der Waals surface area contributed by atoms with Gasteiger partial charge in [0.05, 0.1) is 0 Å². The molecule has 1 unspecified atom stereocenters. The maximum absolute atomic E-state index is 6.08. The van der Waals surface area contributed by atoms with Crippen LogP contribution in [0, 0.1) is 0 Å². The monoisotopic (exact) mass is 306 g/mol. The first kappa shape index (κ1) is 14.5. The third kappa shape index (κ3) is 3.02. The number of hydrogen-bond donors (Lipinski definition) is 0. The third-order valence-electron chi connectivity index (χ3n) is 4.92. The highest BCUT2D eigenvalue weighted by atomic mass is 16.3. The SMILES string of the molecule is CC1CCCN1CCc1cc2ccc(-c3ccncc3)cc2o1. The maximum atomic E-state index is 6.08. The Morgan fingerprint density at radius 2 is 2.00 bits per heavy atom. The predicted octanol–water partition coefficient (Wildman–Crippen LogP) is 4.52. The van der Waals surface area contributed by atoms with E-state index >= 15 is 0 Å². The molecular weight excluding hydrogens is 284 g/mol. The summed E-state index contributed by atoms with van der Waals surface area (Å²) in [7, 11) is 0. The van der Waals surface area contributed by atoms with Crippen LogP contribution >= 0.6 is 0 Å². The largest absolute Gasteiger partial charge is 0.461 e. The van der Waals surface area contributed by atoms with E-state index in [1.54, 1.807) is 0 Å². The van der Waals surface area contributed by atoms with Gasteiger partial charge in [-0.25, -0.2) is 0 Å². The second-order valence-corrected chi connectivity index (χ2v) is 6.48. The van der Waals surface area contributed by atoms with E-state index < -0.39 is 0 Å². The molecule has 3 heterocycles. The summed E-state index contributed by atoms with van der Waals surface area (Å²) < 4.78 is 6.08. The molecule has 3 aromatic rings. The zero-order valence-electron chi connectivity index (χ0n) is 13.5. The van der Waals surface area contributed by atoms with Crippen LogP contribution in [0.3, 0.4) is 0 Å². The van der Waals surface area contributed by atoms with Gasteiger partial charge in [-0.1, -0.05) is 12.1 Å². The standard InChI is InChI=1S/C20H22N2O/c1-15-3-2-11-22(15)12-8-19-13-18-5-4-17(14-20(18)23-19)16-6-9-21-10-7-16/h4-7,9-10,13-15H,2-3,8,11-12H2,1H3. The average Bonchev–Trinajstić information content (AvgIpc) is 3.18. The topological polar surface area (TPSA) is 29.3 Å². The predicted molar refractivity (Wildman–Crippen MR) is 93.4 cm³/mol. The van der Waals surface area contributed by atoms with Gasteiger partial charge < -0.3 is 9.32 Å². The van der Waals surface area contributed by atoms with Gasteiger partial charge in [0.2, 0.25) is 0 Å². The van der Waals surface area contributed by atoms with Crippen LogP contribution in [0.4, 0.5) is 0 Å². The minimum absolute atomic E-state index is 0.720. The molecule has 0 saturated carbocycles. The van der Waals surface area contributed by atoms with Gasteiger partial charge in [-0.2, -0.15) is 0 Å². The molecule has 3 nitrogen and oxygen atoms in total. The highest BCUT2D eigenvalue weighted by molar-refractivity contribution is 5.83. The fraction of sp³-hybridized carbons (Fsp3) is 0.350. The number of nitrogens with zero attached hydrogens (tertiary/aromatic N) is 2. The number of hydrogen-bond acceptors (Lipinski definition) is 3. The number of aromatic nitrogens is 1. The van der Waals surface area contributed by atoms with Crippen molar-refractivity contribution in [3.8, 4) is 11.1 Å². The van der Waals surface area contributed by atoms with Crippen LogP contribution in [0.2, 0.25) is 0 Å². The van der Waals surface area contributed by atoms with Gasteiger partial charge in [0.1, 0.15) is 11.3 Å². The molecule has 1 fully saturated rings. The Labute approximate surface area is 136 Å². The number of likely N-dealkylation sites (tertiary alicyclic amines) is 1. The van der Waals surface area contributed by atoms with Crippen LogP contribution in [-0.2, 0) is 6.42 Å². The molecule has 1 saturated heterocycles. The second kappa shape index (κ2) is 6.17. The van der Waals surface area contributed by atoms with E-state index in [9.17, 15) is 0 Å². The Bertz CT molecular complexity index is 794. The fourth-order valence-electron chi connectivity index (χ4n) is 3.51. The van der Waals surface area contributed by atoms with Crippen LogP contribution in [0.15, 0.2) is 53.2 Å². The Hall–Kier alpha value is -2.13. The Morgan fingerprint density at radius 1 is 1.13 bits per heavy atom. The quantitative estimate of drug-likeness (QED) is 0.709. The summed E-state index contributed by atoms with van der Waals surface area (Å²) in [6.45, 7) is 4.65. The lowest BCUT2D eigenvalue weighted by atomic mass is 10.1. The van der Waals surface area contributed by atoms with Crippen molar-refractivity contribution in [2.24, 2.45) is 0 Å². The number of benzene rings is 1. The van der Waals surface area contributed by atoms with E-state index in [2.05, 4.69) is 41.1 Å². The van der Waals surface area contributed by atoms with E-state index in [-0.39, 0.29) is 0 Å². The minimum Gasteiger partial charge on any atom is -0.461 e. The summed E-state index contributed by atoms with van der Waals surface area (Å²) in [5.41, 5.74) is 3.32. The molecule has 1 aliphatic heterocycles. The molecule has 0 radical (unpaired) electrons. The number of rotatable bonds is 4. The molecule has 1 aliphatic rings. The van der Waals surface area contributed by atoms with Crippen molar-refractivity contribution in [2.75, 3.05) is 13.1 Å². The molecular formula is C20H22N2O. The molecule has 23 heavy (non-hydrogen) atoms. The minimum atomic E-state index is 0.720. The van der Waals surface area contributed by atoms with Gasteiger partial charge in [0.15, 0.2) is 0 Å². The zero-order valence-corrected chi connectivity index (χ0v) is 13.5. The summed E-state index contributed by atoms with van der Waals surface area (Å²) in [6.07, 6.45) is 7.30. The number of furan rings is 1. The smallest absolute Gasteiger partial charge is 0.134 e. The van der Waals surface area contributed by atoms with Gasteiger partial charge in [-0.3, -0.25) is 4.98 Å². The molecule has 0 amide bonds. The Balaban J connectivity index is 1.54. The van der Waals surface area contributed by atoms with Gasteiger partial charge >= 0.3 is 0 Å². The van der Waals surface area contributed by atoms with E-state index in [0.29, 0.717) is 0 Å². The second-order valence-electron chi connectivity index (χ2n) is 6.48. The van der Waals surface area contributed by atoms with Gasteiger partial charge in [-0.05, 0) is 61.7 Å². The van der Waals surface area contributed by atoms with Crippen molar-refractivity contribution in [2.45, 2.75) is 32.2 Å². The summed E-state index contributed by atoms with van der Waals surface area (Å²) in [5, 5.41) is 1.19. The molecule has 1 atom stereocenters. The molecule has 3 heteroatoms. The van der Waals surface area contributed by atoms with Gasteiger partial charge in [0, 0.05) is 36.8 Å². The first-order valence-electron chi connectivity index (χ1n) is 8.46. The summed E-state index contributed by atoms with van der Waals surface area (Å²) in [4.78, 5) is 6.64. The molecule has 0 bridgehead atoms. The highest BCUT2D eigenvalue weighted by Crippen LogP contribution is 2.27. The summed E-state index contributed by atoms with van der Waals surface area (Å²) in [6, 6.07) is 13.4. The van der Waals surface area contributed by atoms with Crippen LogP contribution in [0.25, 0.3) is 22.1 Å². The lowest BCUT2D eigenvalue weighted by Crippen LogP contribution is -2.28. The van der Waals surface area contributed by atoms with Crippen LogP contribution < -0.4 is 0 Å². The van der Waals surface area contributed by atoms with Crippen LogP contribution in [-0.4, -0.2) is 29.0 Å². The van der Waals surface area contributed by atoms with E-state index in [1.807, 2.05) is 24.5 Å². The van der Waals surface area contributed by atoms with Crippen molar-refractivity contribution in [1.82, 2.24) is 9.88 Å². The molecule has 1 aromatic carbocycles. The van der Waals surface area contributed by atoms with E-state index in [0.717, 1.165) is 30.4 Å². The zero-order chi connectivity index (χ0) is 15.6. The number of fused-ring (bicyclic) bond motifs is 1. The van der Waals surface area contributed by atoms with Crippen LogP contribution in [0.5, 0.6) is 0 Å². The first-order chi connectivity index (χ1) is 11.3. The van der Waals surface area contributed by atoms with Crippen LogP contribution in [0.1, 0.15) is 25.5 Å². The molecule has 4 rings (SSSR count). The molecule has 0 N–H and O–H groups in total. The van der Waals surface area contributed by atoms with E-state index in [4.69, 9.17) is 4.42 Å². The summed E-state index contributed by atoms with van der Waals surface area (Å²) in [5.74, 6) is 1.09. The lowest BCUT2D eigenvalue weighted by molar-refractivity contribution is 0.266. The fourth-order valence-corrected chi connectivity index (χ4v) is 3.51. The Morgan fingerprint density at radius 3 is 2.78 bits per heavy atom. The molecule has 0 spiro atoms. The number of pyridine rings is 1. The normalized spacial score (nSPS) is 18.7. The van der Waals surface area contributed by atoms with Gasteiger partial charge in [0.25, 0.3) is 0 Å². The Kier molecular flexibility index (Phi) is 3.88. The first-order valence-corrected chi connectivity index (χ1v) is 8.46. The highest BCUT2D eigenvalue weighted by Gasteiger charge is 2.20. The lowest BCUT2D eigenvalue weighted by Gasteiger charge is -2.19. The van der Waals surface area contributed by atoms with Gasteiger partial charge in [-0.15, -0.1) is 0 Å². The van der Waals surface area contributed by atoms with Crippen molar-refractivity contribution < 1.29 is 4.42 Å². The van der Waals surface area contributed by atoms with Crippen molar-refractivity contribution in [1.29, 1.82) is 0 Å². The molecule has 118 valence electrons. The van der Waals surface area contributed by atoms with E-state index in [1.165, 1.54) is 35.9 Å². The average molecular weight is 306 g/mol. The molecule has 2 aromatic heterocycles. The summed E-state index contributed by atoms with van der Waals surface area (Å²) >= 11 is 0.